The van der Waals surface area contributed by atoms with Crippen LogP contribution in [0.25, 0.3) is 0 Å². The van der Waals surface area contributed by atoms with E-state index < -0.39 is 0 Å². The molecular formula is C25H42N8O3. The Kier molecular flexibility index (Phi) is 14.8. The zero-order valence-corrected chi connectivity index (χ0v) is 21.6. The first-order chi connectivity index (χ1) is 17.7. The first kappa shape index (κ1) is 29.2. The SMILES string of the molecule is CCCCNc1nc(NCCCC)nc(NCc2ccc(C(=O)NCCOCCOCCN)cc2)n1. The van der Waals surface area contributed by atoms with Crippen molar-refractivity contribution < 1.29 is 14.3 Å². The summed E-state index contributed by atoms with van der Waals surface area (Å²) in [5.74, 6) is 1.47. The largest absolute Gasteiger partial charge is 0.378 e. The third kappa shape index (κ3) is 12.1. The Hall–Kier alpha value is -3.02. The summed E-state index contributed by atoms with van der Waals surface area (Å²) in [5, 5.41) is 12.6. The van der Waals surface area contributed by atoms with Gasteiger partial charge in [0.05, 0.1) is 26.4 Å². The maximum atomic E-state index is 12.3. The van der Waals surface area contributed by atoms with Crippen molar-refractivity contribution in [2.45, 2.75) is 46.1 Å². The van der Waals surface area contributed by atoms with Gasteiger partial charge >= 0.3 is 0 Å². The number of unbranched alkanes of at least 4 members (excludes halogenated alkanes) is 2. The van der Waals surface area contributed by atoms with Crippen LogP contribution in [0, 0.1) is 0 Å². The van der Waals surface area contributed by atoms with Crippen LogP contribution in [0.1, 0.15) is 55.5 Å². The van der Waals surface area contributed by atoms with Crippen molar-refractivity contribution in [2.24, 2.45) is 5.73 Å². The van der Waals surface area contributed by atoms with E-state index in [0.29, 0.717) is 69.5 Å². The van der Waals surface area contributed by atoms with Gasteiger partial charge in [-0.2, -0.15) is 15.0 Å². The fourth-order valence-electron chi connectivity index (χ4n) is 3.07. The maximum Gasteiger partial charge on any atom is 0.251 e. The van der Waals surface area contributed by atoms with E-state index in [2.05, 4.69) is 50.1 Å². The van der Waals surface area contributed by atoms with Crippen LogP contribution in [0.3, 0.4) is 0 Å². The number of amides is 1. The summed E-state index contributed by atoms with van der Waals surface area (Å²) < 4.78 is 10.6. The molecule has 6 N–H and O–H groups in total. The Bertz CT molecular complexity index is 839. The van der Waals surface area contributed by atoms with Gasteiger partial charge in [-0.1, -0.05) is 38.8 Å². The molecule has 1 aromatic heterocycles. The summed E-state index contributed by atoms with van der Waals surface area (Å²) in [6.45, 7) is 9.29. The van der Waals surface area contributed by atoms with Gasteiger partial charge < -0.3 is 36.5 Å². The summed E-state index contributed by atoms with van der Waals surface area (Å²) in [5.41, 5.74) is 6.95. The lowest BCUT2D eigenvalue weighted by Gasteiger charge is -2.11. The average Bonchev–Trinajstić information content (AvgIpc) is 2.89. The zero-order valence-electron chi connectivity index (χ0n) is 21.6. The number of carbonyl (C=O) groups excluding carboxylic acids is 1. The van der Waals surface area contributed by atoms with Crippen molar-refractivity contribution in [1.82, 2.24) is 20.3 Å². The summed E-state index contributed by atoms with van der Waals surface area (Å²) in [7, 11) is 0. The maximum absolute atomic E-state index is 12.3. The topological polar surface area (TPSA) is 148 Å². The molecule has 0 saturated carbocycles. The van der Waals surface area contributed by atoms with Crippen LogP contribution in [0.5, 0.6) is 0 Å². The van der Waals surface area contributed by atoms with Gasteiger partial charge in [-0.15, -0.1) is 0 Å². The number of aromatic nitrogens is 3. The van der Waals surface area contributed by atoms with Crippen LogP contribution in [-0.4, -0.2) is 73.5 Å². The number of ether oxygens (including phenoxy) is 2. The highest BCUT2D eigenvalue weighted by atomic mass is 16.5. The lowest BCUT2D eigenvalue weighted by Crippen LogP contribution is -2.27. The van der Waals surface area contributed by atoms with Gasteiger partial charge in [-0.05, 0) is 30.5 Å². The predicted molar refractivity (Wildman–Crippen MR) is 143 cm³/mol. The predicted octanol–water partition coefficient (Wildman–Crippen LogP) is 2.63. The molecule has 11 heteroatoms. The van der Waals surface area contributed by atoms with Crippen LogP contribution < -0.4 is 27.0 Å². The fraction of sp³-hybridized carbons (Fsp3) is 0.600. The quantitative estimate of drug-likeness (QED) is 0.171. The standard InChI is InChI=1S/C25H42N8O3/c1-3-5-12-28-23-31-24(29-13-6-4-2)33-25(32-23)30-19-20-7-9-21(10-8-20)22(34)27-14-16-36-18-17-35-15-11-26/h7-10H,3-6,11-19,26H2,1-2H3,(H,27,34)(H3,28,29,30,31,32,33). The molecule has 0 bridgehead atoms. The molecule has 0 aliphatic rings. The minimum Gasteiger partial charge on any atom is -0.378 e. The molecule has 0 fully saturated rings. The van der Waals surface area contributed by atoms with E-state index in [9.17, 15) is 4.79 Å². The molecule has 36 heavy (non-hydrogen) atoms. The number of nitrogens with one attached hydrogen (secondary N) is 4. The first-order valence-corrected chi connectivity index (χ1v) is 12.9. The number of benzene rings is 1. The number of nitrogens with zero attached hydrogens (tertiary/aromatic N) is 3. The van der Waals surface area contributed by atoms with Crippen molar-refractivity contribution in [3.8, 4) is 0 Å². The Labute approximate surface area is 214 Å². The van der Waals surface area contributed by atoms with E-state index in [1.54, 1.807) is 12.1 Å². The Morgan fingerprint density at radius 3 is 1.89 bits per heavy atom. The minimum absolute atomic E-state index is 0.138. The molecule has 11 nitrogen and oxygen atoms in total. The van der Waals surface area contributed by atoms with Gasteiger partial charge in [0, 0.05) is 38.3 Å². The van der Waals surface area contributed by atoms with Crippen LogP contribution in [-0.2, 0) is 16.0 Å². The molecule has 200 valence electrons. The smallest absolute Gasteiger partial charge is 0.251 e. The van der Waals surface area contributed by atoms with E-state index >= 15 is 0 Å². The van der Waals surface area contributed by atoms with E-state index in [1.165, 1.54) is 0 Å². The minimum atomic E-state index is -0.138. The van der Waals surface area contributed by atoms with Crippen molar-refractivity contribution in [2.75, 3.05) is 68.6 Å². The van der Waals surface area contributed by atoms with Gasteiger partial charge in [0.25, 0.3) is 5.91 Å². The molecule has 0 radical (unpaired) electrons. The second kappa shape index (κ2) is 18.3. The molecule has 1 amide bonds. The number of rotatable bonds is 20. The molecule has 0 saturated heterocycles. The lowest BCUT2D eigenvalue weighted by molar-refractivity contribution is 0.0511. The van der Waals surface area contributed by atoms with Crippen molar-refractivity contribution in [3.63, 3.8) is 0 Å². The van der Waals surface area contributed by atoms with Crippen molar-refractivity contribution in [1.29, 1.82) is 0 Å². The molecule has 0 atom stereocenters. The van der Waals surface area contributed by atoms with Crippen molar-refractivity contribution in [3.05, 3.63) is 35.4 Å². The summed E-state index contributed by atoms with van der Waals surface area (Å²) >= 11 is 0. The molecular weight excluding hydrogens is 460 g/mol. The number of hydrogen-bond acceptors (Lipinski definition) is 10. The highest BCUT2D eigenvalue weighted by Gasteiger charge is 2.08. The molecule has 0 spiro atoms. The molecule has 1 aromatic carbocycles. The van der Waals surface area contributed by atoms with Crippen molar-refractivity contribution >= 4 is 23.8 Å². The summed E-state index contributed by atoms with van der Waals surface area (Å²) in [4.78, 5) is 25.8. The normalized spacial score (nSPS) is 10.8. The van der Waals surface area contributed by atoms with Crippen LogP contribution >= 0.6 is 0 Å². The second-order valence-electron chi connectivity index (χ2n) is 8.19. The van der Waals surface area contributed by atoms with Crippen LogP contribution in [0.4, 0.5) is 17.8 Å². The second-order valence-corrected chi connectivity index (χ2v) is 8.19. The van der Waals surface area contributed by atoms with Crippen LogP contribution in [0.2, 0.25) is 0 Å². The number of nitrogens with two attached hydrogens (primary N) is 1. The Morgan fingerprint density at radius 2 is 1.33 bits per heavy atom. The molecule has 0 aliphatic heterocycles. The van der Waals surface area contributed by atoms with Gasteiger partial charge in [0.15, 0.2) is 0 Å². The fourth-order valence-corrected chi connectivity index (χ4v) is 3.07. The Morgan fingerprint density at radius 1 is 0.778 bits per heavy atom. The lowest BCUT2D eigenvalue weighted by atomic mass is 10.1. The van der Waals surface area contributed by atoms with Gasteiger partial charge in [0.2, 0.25) is 17.8 Å². The summed E-state index contributed by atoms with van der Waals surface area (Å²) in [6.07, 6.45) is 4.28. The number of anilines is 3. The molecule has 1 heterocycles. The highest BCUT2D eigenvalue weighted by molar-refractivity contribution is 5.94. The zero-order chi connectivity index (χ0) is 25.8. The Balaban J connectivity index is 1.82. The molecule has 0 unspecified atom stereocenters. The molecule has 2 rings (SSSR count). The van der Waals surface area contributed by atoms with E-state index in [1.807, 2.05) is 12.1 Å². The molecule has 0 aliphatic carbocycles. The number of hydrogen-bond donors (Lipinski definition) is 5. The van der Waals surface area contributed by atoms with Gasteiger partial charge in [0.1, 0.15) is 0 Å². The first-order valence-electron chi connectivity index (χ1n) is 12.9. The third-order valence-electron chi connectivity index (χ3n) is 5.10. The van der Waals surface area contributed by atoms with E-state index in [0.717, 1.165) is 44.3 Å². The highest BCUT2D eigenvalue weighted by Crippen LogP contribution is 2.12. The summed E-state index contributed by atoms with van der Waals surface area (Å²) in [6, 6.07) is 7.43. The van der Waals surface area contributed by atoms with E-state index in [-0.39, 0.29) is 5.91 Å². The number of carbonyl (C=O) groups is 1. The molecule has 2 aromatic rings. The average molecular weight is 503 g/mol. The monoisotopic (exact) mass is 502 g/mol. The van der Waals surface area contributed by atoms with Crippen LogP contribution in [0.15, 0.2) is 24.3 Å². The van der Waals surface area contributed by atoms with Gasteiger partial charge in [-0.25, -0.2) is 0 Å². The third-order valence-corrected chi connectivity index (χ3v) is 5.10. The van der Waals surface area contributed by atoms with E-state index in [4.69, 9.17) is 15.2 Å². The van der Waals surface area contributed by atoms with Gasteiger partial charge in [-0.3, -0.25) is 4.79 Å².